The lowest BCUT2D eigenvalue weighted by Gasteiger charge is -2.28. The van der Waals surface area contributed by atoms with Gasteiger partial charge in [-0.05, 0) is 44.7 Å². The van der Waals surface area contributed by atoms with Crippen molar-refractivity contribution >= 4 is 5.91 Å². The van der Waals surface area contributed by atoms with Gasteiger partial charge < -0.3 is 10.6 Å². The van der Waals surface area contributed by atoms with Crippen molar-refractivity contribution in [2.45, 2.75) is 51.7 Å². The van der Waals surface area contributed by atoms with Crippen LogP contribution in [0.15, 0.2) is 0 Å². The zero-order valence-corrected chi connectivity index (χ0v) is 11.5. The van der Waals surface area contributed by atoms with E-state index >= 15 is 0 Å². The predicted octanol–water partition coefficient (Wildman–Crippen LogP) is 2.47. The average Bonchev–Trinajstić information content (AvgIpc) is 2.27. The molecule has 1 fully saturated rings. The summed E-state index contributed by atoms with van der Waals surface area (Å²) in [6.45, 7) is 5.29. The van der Waals surface area contributed by atoms with E-state index in [0.29, 0.717) is 12.3 Å². The molecule has 0 aromatic heterocycles. The Kier molecular flexibility index (Phi) is 6.10. The monoisotopic (exact) mass is 280 g/mol. The summed E-state index contributed by atoms with van der Waals surface area (Å²) >= 11 is 0. The van der Waals surface area contributed by atoms with Gasteiger partial charge in [0.25, 0.3) is 0 Å². The SMILES string of the molecule is CC(CC(F)(F)F)NC(=O)CC(C)C1CCCNC1. The van der Waals surface area contributed by atoms with E-state index in [9.17, 15) is 18.0 Å². The van der Waals surface area contributed by atoms with Gasteiger partial charge in [-0.15, -0.1) is 0 Å². The zero-order chi connectivity index (χ0) is 14.5. The van der Waals surface area contributed by atoms with Crippen LogP contribution in [-0.2, 0) is 4.79 Å². The van der Waals surface area contributed by atoms with Crippen LogP contribution in [0.2, 0.25) is 0 Å². The van der Waals surface area contributed by atoms with Crippen LogP contribution < -0.4 is 10.6 Å². The summed E-state index contributed by atoms with van der Waals surface area (Å²) < 4.78 is 36.5. The van der Waals surface area contributed by atoms with Crippen molar-refractivity contribution in [2.75, 3.05) is 13.1 Å². The number of alkyl halides is 3. The van der Waals surface area contributed by atoms with Crippen LogP contribution in [0, 0.1) is 11.8 Å². The first kappa shape index (κ1) is 16.3. The van der Waals surface area contributed by atoms with E-state index in [1.807, 2.05) is 6.92 Å². The molecule has 1 aliphatic rings. The first-order valence-electron chi connectivity index (χ1n) is 6.84. The quantitative estimate of drug-likeness (QED) is 0.812. The molecule has 0 aromatic rings. The van der Waals surface area contributed by atoms with Crippen molar-refractivity contribution in [1.82, 2.24) is 10.6 Å². The van der Waals surface area contributed by atoms with Gasteiger partial charge in [-0.1, -0.05) is 6.92 Å². The Morgan fingerprint density at radius 1 is 1.42 bits per heavy atom. The maximum atomic E-state index is 12.2. The molecule has 2 N–H and O–H groups in total. The van der Waals surface area contributed by atoms with Crippen molar-refractivity contribution in [2.24, 2.45) is 11.8 Å². The van der Waals surface area contributed by atoms with Crippen LogP contribution in [0.5, 0.6) is 0 Å². The molecule has 0 aromatic carbocycles. The molecule has 0 bridgehead atoms. The summed E-state index contributed by atoms with van der Waals surface area (Å²) in [5.41, 5.74) is 0. The molecule has 3 nitrogen and oxygen atoms in total. The Balaban J connectivity index is 2.29. The molecule has 19 heavy (non-hydrogen) atoms. The lowest BCUT2D eigenvalue weighted by atomic mass is 9.85. The summed E-state index contributed by atoms with van der Waals surface area (Å²) in [6.07, 6.45) is -2.72. The number of piperidine rings is 1. The van der Waals surface area contributed by atoms with Gasteiger partial charge in [0.15, 0.2) is 0 Å². The molecule has 112 valence electrons. The van der Waals surface area contributed by atoms with E-state index < -0.39 is 18.6 Å². The topological polar surface area (TPSA) is 41.1 Å². The highest BCUT2D eigenvalue weighted by Crippen LogP contribution is 2.23. The molecule has 1 heterocycles. The van der Waals surface area contributed by atoms with Crippen LogP contribution in [0.25, 0.3) is 0 Å². The molecular formula is C13H23F3N2O. The van der Waals surface area contributed by atoms with Gasteiger partial charge >= 0.3 is 6.18 Å². The normalized spacial score (nSPS) is 23.7. The standard InChI is InChI=1S/C13H23F3N2O/c1-9(11-4-3-5-17-8-11)6-12(19)18-10(2)7-13(14,15)16/h9-11,17H,3-8H2,1-2H3,(H,18,19). The Morgan fingerprint density at radius 2 is 2.11 bits per heavy atom. The molecule has 6 heteroatoms. The molecular weight excluding hydrogens is 257 g/mol. The number of carbonyl (C=O) groups excluding carboxylic acids is 1. The molecule has 0 spiro atoms. The van der Waals surface area contributed by atoms with Crippen molar-refractivity contribution < 1.29 is 18.0 Å². The number of rotatable bonds is 5. The second kappa shape index (κ2) is 7.12. The largest absolute Gasteiger partial charge is 0.391 e. The van der Waals surface area contributed by atoms with Crippen molar-refractivity contribution in [3.8, 4) is 0 Å². The van der Waals surface area contributed by atoms with E-state index in [0.717, 1.165) is 25.9 Å². The van der Waals surface area contributed by atoms with E-state index in [-0.39, 0.29) is 11.8 Å². The summed E-state index contributed by atoms with van der Waals surface area (Å²) in [5, 5.41) is 5.71. The Hall–Kier alpha value is -0.780. The van der Waals surface area contributed by atoms with E-state index in [1.54, 1.807) is 0 Å². The van der Waals surface area contributed by atoms with Crippen LogP contribution in [0.1, 0.15) is 39.5 Å². The lowest BCUT2D eigenvalue weighted by molar-refractivity contribution is -0.141. The second-order valence-electron chi connectivity index (χ2n) is 5.58. The van der Waals surface area contributed by atoms with Gasteiger partial charge in [0, 0.05) is 12.5 Å². The average molecular weight is 280 g/mol. The molecule has 1 rings (SSSR count). The van der Waals surface area contributed by atoms with E-state index in [2.05, 4.69) is 10.6 Å². The number of amides is 1. The fourth-order valence-electron chi connectivity index (χ4n) is 2.56. The fourth-order valence-corrected chi connectivity index (χ4v) is 2.56. The highest BCUT2D eigenvalue weighted by molar-refractivity contribution is 5.76. The Morgan fingerprint density at radius 3 is 2.63 bits per heavy atom. The highest BCUT2D eigenvalue weighted by atomic mass is 19.4. The highest BCUT2D eigenvalue weighted by Gasteiger charge is 2.31. The van der Waals surface area contributed by atoms with Gasteiger partial charge in [0.05, 0.1) is 6.42 Å². The molecule has 0 radical (unpaired) electrons. The summed E-state index contributed by atoms with van der Waals surface area (Å²) in [6, 6.07) is -0.857. The number of carbonyl (C=O) groups is 1. The third kappa shape index (κ3) is 6.80. The maximum Gasteiger partial charge on any atom is 0.391 e. The molecule has 1 saturated heterocycles. The van der Waals surface area contributed by atoms with E-state index in [1.165, 1.54) is 6.92 Å². The molecule has 0 aliphatic carbocycles. The molecule has 1 aliphatic heterocycles. The maximum absolute atomic E-state index is 12.2. The van der Waals surface area contributed by atoms with Gasteiger partial charge in [-0.25, -0.2) is 0 Å². The minimum atomic E-state index is -4.23. The molecule has 1 amide bonds. The van der Waals surface area contributed by atoms with Crippen molar-refractivity contribution in [3.63, 3.8) is 0 Å². The van der Waals surface area contributed by atoms with Crippen LogP contribution in [0.3, 0.4) is 0 Å². The van der Waals surface area contributed by atoms with Gasteiger partial charge in [-0.2, -0.15) is 13.2 Å². The zero-order valence-electron chi connectivity index (χ0n) is 11.5. The first-order valence-corrected chi connectivity index (χ1v) is 6.84. The van der Waals surface area contributed by atoms with Crippen LogP contribution in [0.4, 0.5) is 13.2 Å². The summed E-state index contributed by atoms with van der Waals surface area (Å²) in [4.78, 5) is 11.7. The van der Waals surface area contributed by atoms with Gasteiger partial charge in [0.1, 0.15) is 0 Å². The second-order valence-corrected chi connectivity index (χ2v) is 5.58. The van der Waals surface area contributed by atoms with Crippen molar-refractivity contribution in [3.05, 3.63) is 0 Å². The third-order valence-corrected chi connectivity index (χ3v) is 3.59. The molecule has 0 saturated carbocycles. The van der Waals surface area contributed by atoms with E-state index in [4.69, 9.17) is 0 Å². The summed E-state index contributed by atoms with van der Waals surface area (Å²) in [7, 11) is 0. The fraction of sp³-hybridized carbons (Fsp3) is 0.923. The number of halogens is 3. The van der Waals surface area contributed by atoms with Crippen LogP contribution >= 0.6 is 0 Å². The first-order chi connectivity index (χ1) is 8.78. The van der Waals surface area contributed by atoms with Gasteiger partial charge in [-0.3, -0.25) is 4.79 Å². The van der Waals surface area contributed by atoms with Crippen LogP contribution in [-0.4, -0.2) is 31.2 Å². The Labute approximate surface area is 112 Å². The minimum Gasteiger partial charge on any atom is -0.353 e. The molecule has 3 atom stereocenters. The predicted molar refractivity (Wildman–Crippen MR) is 67.7 cm³/mol. The lowest BCUT2D eigenvalue weighted by Crippen LogP contribution is -2.39. The third-order valence-electron chi connectivity index (χ3n) is 3.59. The number of hydrogen-bond donors (Lipinski definition) is 2. The smallest absolute Gasteiger partial charge is 0.353 e. The summed E-state index contributed by atoms with van der Waals surface area (Å²) in [5.74, 6) is 0.359. The molecule has 3 unspecified atom stereocenters. The number of hydrogen-bond acceptors (Lipinski definition) is 2. The minimum absolute atomic E-state index is 0.200. The Bertz CT molecular complexity index is 288. The van der Waals surface area contributed by atoms with Gasteiger partial charge in [0.2, 0.25) is 5.91 Å². The van der Waals surface area contributed by atoms with Crippen molar-refractivity contribution in [1.29, 1.82) is 0 Å². The number of nitrogens with one attached hydrogen (secondary N) is 2.